The smallest absolute Gasteiger partial charge is 0.126 e. The Morgan fingerprint density at radius 2 is 2.19 bits per heavy atom. The van der Waals surface area contributed by atoms with Gasteiger partial charge in [0.15, 0.2) is 0 Å². The third-order valence-electron chi connectivity index (χ3n) is 3.19. The van der Waals surface area contributed by atoms with Crippen molar-refractivity contribution in [1.29, 1.82) is 0 Å². The Morgan fingerprint density at radius 3 is 2.75 bits per heavy atom. The van der Waals surface area contributed by atoms with Gasteiger partial charge in [0.2, 0.25) is 0 Å². The van der Waals surface area contributed by atoms with Gasteiger partial charge in [0.05, 0.1) is 0 Å². The summed E-state index contributed by atoms with van der Waals surface area (Å²) >= 11 is 0. The van der Waals surface area contributed by atoms with Crippen molar-refractivity contribution in [2.45, 2.75) is 33.1 Å². The molecule has 1 rings (SSSR count). The first-order valence-corrected chi connectivity index (χ1v) is 5.95. The number of hydrogen-bond acceptors (Lipinski definition) is 3. The predicted molar refractivity (Wildman–Crippen MR) is 69.6 cm³/mol. The Bertz CT molecular complexity index is 336. The van der Waals surface area contributed by atoms with Gasteiger partial charge in [-0.2, -0.15) is 0 Å². The van der Waals surface area contributed by atoms with Crippen LogP contribution in [0.4, 0.5) is 5.82 Å². The van der Waals surface area contributed by atoms with E-state index in [2.05, 4.69) is 36.8 Å². The van der Waals surface area contributed by atoms with Crippen LogP contribution in [-0.2, 0) is 0 Å². The van der Waals surface area contributed by atoms with Gasteiger partial charge in [-0.15, -0.1) is 0 Å². The number of nitrogen functional groups attached to an aromatic ring is 1. The molecule has 90 valence electrons. The lowest BCUT2D eigenvalue weighted by atomic mass is 9.98. The summed E-state index contributed by atoms with van der Waals surface area (Å²) in [4.78, 5) is 6.54. The normalized spacial score (nSPS) is 13.1. The summed E-state index contributed by atoms with van der Waals surface area (Å²) in [5.41, 5.74) is 8.08. The van der Waals surface area contributed by atoms with E-state index in [-0.39, 0.29) is 0 Å². The van der Waals surface area contributed by atoms with Crippen LogP contribution in [0.1, 0.15) is 37.3 Å². The summed E-state index contributed by atoms with van der Waals surface area (Å²) in [5.74, 6) is 1.18. The highest BCUT2D eigenvalue weighted by Crippen LogP contribution is 2.21. The highest BCUT2D eigenvalue weighted by atomic mass is 15.1. The van der Waals surface area contributed by atoms with E-state index in [4.69, 9.17) is 5.73 Å². The maximum absolute atomic E-state index is 5.71. The van der Waals surface area contributed by atoms with Gasteiger partial charge in [0, 0.05) is 6.20 Å². The molecule has 0 radical (unpaired) electrons. The van der Waals surface area contributed by atoms with Crippen molar-refractivity contribution in [2.24, 2.45) is 0 Å². The molecule has 0 aliphatic heterocycles. The molecule has 1 aromatic heterocycles. The molecular weight excluding hydrogens is 198 g/mol. The largest absolute Gasteiger partial charge is 0.383 e. The summed E-state index contributed by atoms with van der Waals surface area (Å²) in [7, 11) is 2.15. The molecule has 2 N–H and O–H groups in total. The van der Waals surface area contributed by atoms with E-state index in [1.165, 1.54) is 5.56 Å². The Morgan fingerprint density at radius 1 is 1.50 bits per heavy atom. The maximum Gasteiger partial charge on any atom is 0.126 e. The summed E-state index contributed by atoms with van der Waals surface area (Å²) in [6.07, 6.45) is 3.06. The summed E-state index contributed by atoms with van der Waals surface area (Å²) in [6, 6.07) is 2.15. The highest BCUT2D eigenvalue weighted by Gasteiger charge is 2.08. The first-order chi connectivity index (χ1) is 7.54. The van der Waals surface area contributed by atoms with E-state index in [0.29, 0.717) is 11.7 Å². The van der Waals surface area contributed by atoms with Crippen molar-refractivity contribution < 1.29 is 0 Å². The van der Waals surface area contributed by atoms with E-state index in [9.17, 15) is 0 Å². The lowest BCUT2D eigenvalue weighted by Gasteiger charge is -2.18. The van der Waals surface area contributed by atoms with Gasteiger partial charge >= 0.3 is 0 Å². The molecule has 0 saturated heterocycles. The van der Waals surface area contributed by atoms with Gasteiger partial charge < -0.3 is 10.6 Å². The van der Waals surface area contributed by atoms with Gasteiger partial charge in [-0.1, -0.05) is 19.9 Å². The number of hydrogen-bond donors (Lipinski definition) is 1. The molecule has 1 unspecified atom stereocenters. The second-order valence-electron chi connectivity index (χ2n) is 4.56. The third kappa shape index (κ3) is 3.49. The van der Waals surface area contributed by atoms with Crippen LogP contribution < -0.4 is 5.73 Å². The van der Waals surface area contributed by atoms with Crippen molar-refractivity contribution >= 4 is 5.82 Å². The second kappa shape index (κ2) is 5.85. The minimum Gasteiger partial charge on any atom is -0.383 e. The lowest BCUT2D eigenvalue weighted by Crippen LogP contribution is -2.20. The van der Waals surface area contributed by atoms with Crippen molar-refractivity contribution in [3.63, 3.8) is 0 Å². The van der Waals surface area contributed by atoms with E-state index < -0.39 is 0 Å². The molecule has 16 heavy (non-hydrogen) atoms. The summed E-state index contributed by atoms with van der Waals surface area (Å²) in [5, 5.41) is 0. The SMILES string of the molecule is CCN(C)CCC(C)c1cnc(N)c(C)c1. The second-order valence-corrected chi connectivity index (χ2v) is 4.56. The molecule has 0 aliphatic rings. The van der Waals surface area contributed by atoms with E-state index in [1.807, 2.05) is 13.1 Å². The number of aromatic nitrogens is 1. The van der Waals surface area contributed by atoms with Crippen LogP contribution in [0.5, 0.6) is 0 Å². The van der Waals surface area contributed by atoms with Crippen LogP contribution in [0.3, 0.4) is 0 Å². The average Bonchev–Trinajstić information content (AvgIpc) is 2.29. The van der Waals surface area contributed by atoms with Crippen LogP contribution in [0.2, 0.25) is 0 Å². The van der Waals surface area contributed by atoms with Gasteiger partial charge in [-0.25, -0.2) is 4.98 Å². The van der Waals surface area contributed by atoms with Gasteiger partial charge in [-0.3, -0.25) is 0 Å². The topological polar surface area (TPSA) is 42.2 Å². The first-order valence-electron chi connectivity index (χ1n) is 5.95. The minimum absolute atomic E-state index is 0.542. The molecule has 3 heteroatoms. The molecule has 0 fully saturated rings. The molecule has 0 aromatic carbocycles. The molecule has 1 heterocycles. The quantitative estimate of drug-likeness (QED) is 0.830. The number of nitrogens with two attached hydrogens (primary N) is 1. The van der Waals surface area contributed by atoms with Crippen molar-refractivity contribution in [1.82, 2.24) is 9.88 Å². The Balaban J connectivity index is 2.59. The molecule has 0 bridgehead atoms. The Kier molecular flexibility index (Phi) is 4.74. The summed E-state index contributed by atoms with van der Waals surface area (Å²) < 4.78 is 0. The molecule has 1 aromatic rings. The predicted octanol–water partition coefficient (Wildman–Crippen LogP) is 2.42. The zero-order valence-corrected chi connectivity index (χ0v) is 10.8. The van der Waals surface area contributed by atoms with Crippen LogP contribution in [-0.4, -0.2) is 30.0 Å². The van der Waals surface area contributed by atoms with Crippen LogP contribution >= 0.6 is 0 Å². The van der Waals surface area contributed by atoms with Crippen LogP contribution in [0.25, 0.3) is 0 Å². The molecule has 3 nitrogen and oxygen atoms in total. The highest BCUT2D eigenvalue weighted by molar-refractivity contribution is 5.40. The molecule has 0 saturated carbocycles. The molecular formula is C13H23N3. The zero-order valence-electron chi connectivity index (χ0n) is 10.8. The van der Waals surface area contributed by atoms with E-state index in [0.717, 1.165) is 25.1 Å². The van der Waals surface area contributed by atoms with Crippen molar-refractivity contribution in [3.8, 4) is 0 Å². The Hall–Kier alpha value is -1.09. The standard InChI is InChI=1S/C13H23N3/c1-5-16(4)7-6-10(2)12-8-11(3)13(14)15-9-12/h8-10H,5-7H2,1-4H3,(H2,14,15). The van der Waals surface area contributed by atoms with Gasteiger partial charge in [0.1, 0.15) is 5.82 Å². The molecule has 0 aliphatic carbocycles. The van der Waals surface area contributed by atoms with E-state index in [1.54, 1.807) is 0 Å². The molecule has 1 atom stereocenters. The first kappa shape index (κ1) is 13.0. The van der Waals surface area contributed by atoms with Crippen LogP contribution in [0, 0.1) is 6.92 Å². The van der Waals surface area contributed by atoms with Crippen LogP contribution in [0.15, 0.2) is 12.3 Å². The van der Waals surface area contributed by atoms with E-state index >= 15 is 0 Å². The van der Waals surface area contributed by atoms with Crippen molar-refractivity contribution in [3.05, 3.63) is 23.4 Å². The average molecular weight is 221 g/mol. The Labute approximate surface area is 98.7 Å². The number of aryl methyl sites for hydroxylation is 1. The fraction of sp³-hybridized carbons (Fsp3) is 0.615. The third-order valence-corrected chi connectivity index (χ3v) is 3.19. The van der Waals surface area contributed by atoms with Gasteiger partial charge in [0.25, 0.3) is 0 Å². The zero-order chi connectivity index (χ0) is 12.1. The monoisotopic (exact) mass is 221 g/mol. The number of pyridine rings is 1. The maximum atomic E-state index is 5.71. The van der Waals surface area contributed by atoms with Crippen molar-refractivity contribution in [2.75, 3.05) is 25.9 Å². The lowest BCUT2D eigenvalue weighted by molar-refractivity contribution is 0.337. The molecule has 0 amide bonds. The number of anilines is 1. The molecule has 0 spiro atoms. The fourth-order valence-corrected chi connectivity index (χ4v) is 1.62. The summed E-state index contributed by atoms with van der Waals surface area (Å²) in [6.45, 7) is 8.67. The fourth-order valence-electron chi connectivity index (χ4n) is 1.62. The van der Waals surface area contributed by atoms with Gasteiger partial charge in [-0.05, 0) is 50.5 Å². The number of rotatable bonds is 5. The minimum atomic E-state index is 0.542. The number of nitrogens with zero attached hydrogens (tertiary/aromatic N) is 2.